The Kier molecular flexibility index (Phi) is 7.25. The molecule has 2 N–H and O–H groups in total. The van der Waals surface area contributed by atoms with Crippen LogP contribution >= 0.6 is 0 Å². The Hall–Kier alpha value is -2.86. The summed E-state index contributed by atoms with van der Waals surface area (Å²) >= 11 is 0. The third-order valence-corrected chi connectivity index (χ3v) is 5.06. The summed E-state index contributed by atoms with van der Waals surface area (Å²) in [4.78, 5) is 26.7. The number of aryl methyl sites for hydroxylation is 1. The van der Waals surface area contributed by atoms with Gasteiger partial charge in [-0.15, -0.1) is 0 Å². The Bertz CT molecular complexity index is 800. The molecule has 0 saturated carbocycles. The van der Waals surface area contributed by atoms with Crippen LogP contribution in [0.4, 0.5) is 5.69 Å². The highest BCUT2D eigenvalue weighted by Gasteiger charge is 2.24. The van der Waals surface area contributed by atoms with Crippen LogP contribution in [0.15, 0.2) is 54.6 Å². The van der Waals surface area contributed by atoms with Crippen LogP contribution < -0.4 is 15.4 Å². The average molecular weight is 396 g/mol. The van der Waals surface area contributed by atoms with E-state index < -0.39 is 6.10 Å². The lowest BCUT2D eigenvalue weighted by Gasteiger charge is -2.32. The molecule has 6 heteroatoms. The van der Waals surface area contributed by atoms with Crippen molar-refractivity contribution in [2.24, 2.45) is 0 Å². The third-order valence-electron chi connectivity index (χ3n) is 5.06. The second-order valence-electron chi connectivity index (χ2n) is 7.55. The first-order valence-corrected chi connectivity index (χ1v) is 10.1. The van der Waals surface area contributed by atoms with Gasteiger partial charge in [-0.1, -0.05) is 35.9 Å². The molecule has 154 valence electrons. The Morgan fingerprint density at radius 3 is 2.38 bits per heavy atom. The van der Waals surface area contributed by atoms with Gasteiger partial charge in [-0.2, -0.15) is 0 Å². The topological polar surface area (TPSA) is 70.7 Å². The minimum absolute atomic E-state index is 0.0150. The number of nitrogens with zero attached hydrogens (tertiary/aromatic N) is 1. The van der Waals surface area contributed by atoms with E-state index in [1.807, 2.05) is 61.5 Å². The Morgan fingerprint density at radius 2 is 1.72 bits per heavy atom. The van der Waals surface area contributed by atoms with E-state index in [0.29, 0.717) is 12.3 Å². The van der Waals surface area contributed by atoms with E-state index >= 15 is 0 Å². The van der Waals surface area contributed by atoms with Crippen LogP contribution in [0.5, 0.6) is 5.75 Å². The van der Waals surface area contributed by atoms with Crippen molar-refractivity contribution in [2.45, 2.75) is 38.8 Å². The maximum absolute atomic E-state index is 12.4. The summed E-state index contributed by atoms with van der Waals surface area (Å²) in [5, 5.41) is 5.98. The number of anilines is 1. The molecule has 1 saturated heterocycles. The molecule has 2 aromatic carbocycles. The first-order chi connectivity index (χ1) is 14.0. The van der Waals surface area contributed by atoms with Gasteiger partial charge >= 0.3 is 0 Å². The van der Waals surface area contributed by atoms with E-state index in [4.69, 9.17) is 4.74 Å². The highest BCUT2D eigenvalue weighted by molar-refractivity contribution is 5.92. The number of hydrogen-bond acceptors (Lipinski definition) is 4. The van der Waals surface area contributed by atoms with Crippen molar-refractivity contribution >= 4 is 17.5 Å². The highest BCUT2D eigenvalue weighted by atomic mass is 16.5. The fraction of sp³-hybridized carbons (Fsp3) is 0.391. The lowest BCUT2D eigenvalue weighted by atomic mass is 10.0. The van der Waals surface area contributed by atoms with Crippen molar-refractivity contribution in [3.05, 3.63) is 60.2 Å². The zero-order chi connectivity index (χ0) is 20.6. The van der Waals surface area contributed by atoms with Crippen LogP contribution in [-0.4, -0.2) is 48.5 Å². The number of carbonyl (C=O) groups is 2. The number of rotatable bonds is 7. The van der Waals surface area contributed by atoms with E-state index in [1.165, 1.54) is 0 Å². The molecule has 2 aromatic rings. The number of piperidine rings is 1. The number of carbonyl (C=O) groups excluding carboxylic acids is 2. The number of hydrogen-bond donors (Lipinski definition) is 2. The summed E-state index contributed by atoms with van der Waals surface area (Å²) in [6.45, 7) is 5.69. The van der Waals surface area contributed by atoms with Gasteiger partial charge in [0.1, 0.15) is 5.75 Å². The van der Waals surface area contributed by atoms with Gasteiger partial charge in [0.15, 0.2) is 6.10 Å². The quantitative estimate of drug-likeness (QED) is 0.756. The van der Waals surface area contributed by atoms with Gasteiger partial charge in [0.2, 0.25) is 5.91 Å². The molecule has 1 unspecified atom stereocenters. The molecule has 6 nitrogen and oxygen atoms in total. The lowest BCUT2D eigenvalue weighted by molar-refractivity contribution is -0.128. The van der Waals surface area contributed by atoms with Gasteiger partial charge in [-0.05, 0) is 51.0 Å². The van der Waals surface area contributed by atoms with Crippen molar-refractivity contribution < 1.29 is 14.3 Å². The summed E-state index contributed by atoms with van der Waals surface area (Å²) in [7, 11) is 0. The molecule has 1 atom stereocenters. The van der Waals surface area contributed by atoms with Gasteiger partial charge in [0.05, 0.1) is 6.54 Å². The van der Waals surface area contributed by atoms with E-state index in [-0.39, 0.29) is 17.9 Å². The molecule has 0 bridgehead atoms. The summed E-state index contributed by atoms with van der Waals surface area (Å²) in [6, 6.07) is 17.2. The second-order valence-corrected chi connectivity index (χ2v) is 7.55. The fourth-order valence-electron chi connectivity index (χ4n) is 3.35. The molecular weight excluding hydrogens is 366 g/mol. The van der Waals surface area contributed by atoms with E-state index in [1.54, 1.807) is 6.92 Å². The van der Waals surface area contributed by atoms with Crippen LogP contribution in [0.2, 0.25) is 0 Å². The number of ether oxygens (including phenoxy) is 1. The zero-order valence-electron chi connectivity index (χ0n) is 17.1. The monoisotopic (exact) mass is 395 g/mol. The summed E-state index contributed by atoms with van der Waals surface area (Å²) < 4.78 is 5.73. The van der Waals surface area contributed by atoms with Gasteiger partial charge < -0.3 is 15.4 Å². The molecule has 29 heavy (non-hydrogen) atoms. The SMILES string of the molecule is Cc1ccc(OC(C)C(=O)NC2CCN(CC(=O)Nc3ccccc3)CC2)cc1. The Morgan fingerprint density at radius 1 is 1.07 bits per heavy atom. The molecule has 3 rings (SSSR count). The first-order valence-electron chi connectivity index (χ1n) is 10.1. The fourth-order valence-corrected chi connectivity index (χ4v) is 3.35. The molecule has 1 aliphatic heterocycles. The maximum Gasteiger partial charge on any atom is 0.260 e. The maximum atomic E-state index is 12.4. The van der Waals surface area contributed by atoms with Gasteiger partial charge in [-0.25, -0.2) is 0 Å². The highest BCUT2D eigenvalue weighted by Crippen LogP contribution is 2.15. The molecule has 2 amide bonds. The van der Waals surface area contributed by atoms with Crippen molar-refractivity contribution in [1.82, 2.24) is 10.2 Å². The van der Waals surface area contributed by atoms with Crippen LogP contribution in [-0.2, 0) is 9.59 Å². The number of likely N-dealkylation sites (tertiary alicyclic amines) is 1. The van der Waals surface area contributed by atoms with Crippen molar-refractivity contribution in [1.29, 1.82) is 0 Å². The molecule has 0 aromatic heterocycles. The second kappa shape index (κ2) is 10.1. The third kappa shape index (κ3) is 6.61. The molecule has 0 radical (unpaired) electrons. The van der Waals surface area contributed by atoms with Crippen molar-refractivity contribution in [2.75, 3.05) is 25.0 Å². The molecule has 1 fully saturated rings. The molecule has 1 heterocycles. The Balaban J connectivity index is 1.38. The van der Waals surface area contributed by atoms with E-state index in [9.17, 15) is 9.59 Å². The largest absolute Gasteiger partial charge is 0.481 e. The van der Waals surface area contributed by atoms with Gasteiger partial charge in [-0.3, -0.25) is 14.5 Å². The predicted molar refractivity (Wildman–Crippen MR) is 114 cm³/mol. The normalized spacial score (nSPS) is 16.1. The van der Waals surface area contributed by atoms with E-state index in [0.717, 1.165) is 37.2 Å². The van der Waals surface area contributed by atoms with Crippen LogP contribution in [0.25, 0.3) is 0 Å². The van der Waals surface area contributed by atoms with Gasteiger partial charge in [0.25, 0.3) is 5.91 Å². The summed E-state index contributed by atoms with van der Waals surface area (Å²) in [5.74, 6) is 0.571. The molecular formula is C23H29N3O3. The standard InChI is InChI=1S/C23H29N3O3/c1-17-8-10-21(11-9-17)29-18(2)23(28)25-20-12-14-26(15-13-20)16-22(27)24-19-6-4-3-5-7-19/h3-11,18,20H,12-16H2,1-2H3,(H,24,27)(H,25,28). The summed E-state index contributed by atoms with van der Waals surface area (Å²) in [5.41, 5.74) is 1.96. The minimum Gasteiger partial charge on any atom is -0.481 e. The van der Waals surface area contributed by atoms with Crippen LogP contribution in [0, 0.1) is 6.92 Å². The minimum atomic E-state index is -0.549. The molecule has 0 spiro atoms. The van der Waals surface area contributed by atoms with Crippen LogP contribution in [0.1, 0.15) is 25.3 Å². The molecule has 1 aliphatic rings. The Labute approximate surface area is 172 Å². The van der Waals surface area contributed by atoms with Gasteiger partial charge in [0, 0.05) is 24.8 Å². The van der Waals surface area contributed by atoms with Crippen LogP contribution in [0.3, 0.4) is 0 Å². The lowest BCUT2D eigenvalue weighted by Crippen LogP contribution is -2.49. The number of nitrogens with one attached hydrogen (secondary N) is 2. The van der Waals surface area contributed by atoms with Crippen molar-refractivity contribution in [3.8, 4) is 5.75 Å². The number of para-hydroxylation sites is 1. The smallest absolute Gasteiger partial charge is 0.260 e. The average Bonchev–Trinajstić information content (AvgIpc) is 2.72. The number of amides is 2. The predicted octanol–water partition coefficient (Wildman–Crippen LogP) is 2.98. The number of benzene rings is 2. The van der Waals surface area contributed by atoms with Crippen molar-refractivity contribution in [3.63, 3.8) is 0 Å². The first kappa shape index (κ1) is 20.9. The van der Waals surface area contributed by atoms with E-state index in [2.05, 4.69) is 15.5 Å². The zero-order valence-corrected chi connectivity index (χ0v) is 17.1. The molecule has 0 aliphatic carbocycles. The summed E-state index contributed by atoms with van der Waals surface area (Å²) in [6.07, 6.45) is 1.09.